The van der Waals surface area contributed by atoms with Gasteiger partial charge < -0.3 is 15.4 Å². The van der Waals surface area contributed by atoms with Gasteiger partial charge in [0.2, 0.25) is 5.91 Å². The zero-order valence-corrected chi connectivity index (χ0v) is 17.9. The Kier molecular flexibility index (Phi) is 7.55. The Balaban J connectivity index is 0.00000338. The highest BCUT2D eigenvalue weighted by atomic mass is 35.5. The van der Waals surface area contributed by atoms with Crippen molar-refractivity contribution in [1.82, 2.24) is 4.90 Å². The predicted molar refractivity (Wildman–Crippen MR) is 110 cm³/mol. The van der Waals surface area contributed by atoms with Gasteiger partial charge in [-0.15, -0.1) is 12.4 Å². The summed E-state index contributed by atoms with van der Waals surface area (Å²) in [6, 6.07) is 8.09. The first kappa shape index (κ1) is 22.8. The summed E-state index contributed by atoms with van der Waals surface area (Å²) in [6.07, 6.45) is 0.858. The first-order valence-corrected chi connectivity index (χ1v) is 9.32. The van der Waals surface area contributed by atoms with Crippen molar-refractivity contribution in [1.29, 1.82) is 0 Å². The number of ether oxygens (including phenoxy) is 1. The Labute approximate surface area is 164 Å². The van der Waals surface area contributed by atoms with Crippen LogP contribution in [0.4, 0.5) is 0 Å². The Morgan fingerprint density at radius 2 is 1.88 bits per heavy atom. The van der Waals surface area contributed by atoms with Gasteiger partial charge in [-0.1, -0.05) is 39.8 Å². The van der Waals surface area contributed by atoms with Gasteiger partial charge in [0.05, 0.1) is 12.0 Å². The minimum Gasteiger partial charge on any atom is -0.493 e. The van der Waals surface area contributed by atoms with Gasteiger partial charge in [0.25, 0.3) is 0 Å². The van der Waals surface area contributed by atoms with E-state index in [1.807, 2.05) is 43.0 Å². The van der Waals surface area contributed by atoms with Crippen LogP contribution in [0.25, 0.3) is 0 Å². The molecule has 0 saturated carbocycles. The van der Waals surface area contributed by atoms with Crippen LogP contribution in [0.2, 0.25) is 0 Å². The van der Waals surface area contributed by atoms with Crippen molar-refractivity contribution in [3.05, 3.63) is 29.8 Å². The molecule has 4 nitrogen and oxygen atoms in total. The molecule has 1 fully saturated rings. The SMILES string of the molecule is CC(C)COc1ccc(C(C)(C)C(=O)N2CCC(N)C(C)(C)C2)cc1.Cl. The van der Waals surface area contributed by atoms with Gasteiger partial charge in [0, 0.05) is 19.1 Å². The Hall–Kier alpha value is -1.26. The second-order valence-corrected chi connectivity index (χ2v) is 8.96. The second kappa shape index (κ2) is 8.62. The van der Waals surface area contributed by atoms with Crippen LogP contribution >= 0.6 is 12.4 Å². The van der Waals surface area contributed by atoms with E-state index >= 15 is 0 Å². The first-order chi connectivity index (χ1) is 11.5. The zero-order chi connectivity index (χ0) is 18.8. The predicted octanol–water partition coefficient (Wildman–Crippen LogP) is 4.01. The largest absolute Gasteiger partial charge is 0.493 e. The van der Waals surface area contributed by atoms with Crippen LogP contribution < -0.4 is 10.5 Å². The van der Waals surface area contributed by atoms with Crippen molar-refractivity contribution in [2.75, 3.05) is 19.7 Å². The number of hydrogen-bond acceptors (Lipinski definition) is 3. The maximum absolute atomic E-state index is 13.2. The average Bonchev–Trinajstić information content (AvgIpc) is 2.55. The fraction of sp³-hybridized carbons (Fsp3) is 0.667. The van der Waals surface area contributed by atoms with Crippen LogP contribution in [0.5, 0.6) is 5.75 Å². The van der Waals surface area contributed by atoms with Crippen LogP contribution in [-0.4, -0.2) is 36.5 Å². The van der Waals surface area contributed by atoms with Crippen molar-refractivity contribution < 1.29 is 9.53 Å². The topological polar surface area (TPSA) is 55.6 Å². The minimum atomic E-state index is -0.561. The molecule has 5 heteroatoms. The Morgan fingerprint density at radius 1 is 1.31 bits per heavy atom. The number of carbonyl (C=O) groups excluding carboxylic acids is 1. The van der Waals surface area contributed by atoms with Crippen molar-refractivity contribution in [2.24, 2.45) is 17.1 Å². The molecule has 0 radical (unpaired) electrons. The van der Waals surface area contributed by atoms with E-state index in [2.05, 4.69) is 27.7 Å². The number of carbonyl (C=O) groups is 1. The number of amides is 1. The van der Waals surface area contributed by atoms with Gasteiger partial charge in [-0.2, -0.15) is 0 Å². The van der Waals surface area contributed by atoms with E-state index in [1.54, 1.807) is 0 Å². The maximum atomic E-state index is 13.2. The highest BCUT2D eigenvalue weighted by molar-refractivity contribution is 5.87. The summed E-state index contributed by atoms with van der Waals surface area (Å²) in [4.78, 5) is 15.1. The van der Waals surface area contributed by atoms with Crippen LogP contribution in [-0.2, 0) is 10.2 Å². The lowest BCUT2D eigenvalue weighted by Gasteiger charge is -2.45. The Morgan fingerprint density at radius 3 is 2.38 bits per heavy atom. The molecule has 1 aromatic rings. The van der Waals surface area contributed by atoms with Gasteiger partial charge in [0.1, 0.15) is 5.75 Å². The molecule has 1 aliphatic heterocycles. The molecule has 0 spiro atoms. The van der Waals surface area contributed by atoms with E-state index in [0.29, 0.717) is 19.1 Å². The number of hydrogen-bond donors (Lipinski definition) is 1. The van der Waals surface area contributed by atoms with Crippen LogP contribution in [0, 0.1) is 11.3 Å². The smallest absolute Gasteiger partial charge is 0.232 e. The summed E-state index contributed by atoms with van der Waals surface area (Å²) in [7, 11) is 0. The fourth-order valence-electron chi connectivity index (χ4n) is 3.30. The van der Waals surface area contributed by atoms with Gasteiger partial charge in [-0.25, -0.2) is 0 Å². The molecule has 1 saturated heterocycles. The molecule has 1 heterocycles. The third-order valence-electron chi connectivity index (χ3n) is 5.29. The molecule has 0 bridgehead atoms. The van der Waals surface area contributed by atoms with E-state index in [0.717, 1.165) is 24.3 Å². The van der Waals surface area contributed by atoms with E-state index < -0.39 is 5.41 Å². The average molecular weight is 383 g/mol. The zero-order valence-electron chi connectivity index (χ0n) is 17.0. The van der Waals surface area contributed by atoms with Gasteiger partial charge in [0.15, 0.2) is 0 Å². The number of nitrogens with zero attached hydrogens (tertiary/aromatic N) is 1. The summed E-state index contributed by atoms with van der Waals surface area (Å²) in [5, 5.41) is 0. The summed E-state index contributed by atoms with van der Waals surface area (Å²) in [5.41, 5.74) is 6.62. The van der Waals surface area contributed by atoms with Crippen molar-refractivity contribution >= 4 is 18.3 Å². The normalized spacial score (nSPS) is 19.8. The molecule has 1 aromatic carbocycles. The van der Waals surface area contributed by atoms with Crippen LogP contribution in [0.15, 0.2) is 24.3 Å². The first-order valence-electron chi connectivity index (χ1n) is 9.32. The number of likely N-dealkylation sites (tertiary alicyclic amines) is 1. The highest BCUT2D eigenvalue weighted by Crippen LogP contribution is 2.33. The number of rotatable bonds is 5. The minimum absolute atomic E-state index is 0. The standard InChI is InChI=1S/C21H34N2O2.ClH/c1-15(2)13-25-17-9-7-16(8-10-17)21(5,6)19(24)23-12-11-18(22)20(3,4)14-23;/h7-10,15,18H,11-14,22H2,1-6H3;1H. The molecule has 0 aliphatic carbocycles. The van der Waals surface area contributed by atoms with Crippen LogP contribution in [0.1, 0.15) is 53.5 Å². The maximum Gasteiger partial charge on any atom is 0.232 e. The number of benzene rings is 1. The number of halogens is 1. The van der Waals surface area contributed by atoms with E-state index in [9.17, 15) is 4.79 Å². The van der Waals surface area contributed by atoms with E-state index in [1.165, 1.54) is 0 Å². The molecule has 1 aliphatic rings. The molecule has 148 valence electrons. The number of nitrogens with two attached hydrogens (primary N) is 1. The fourth-order valence-corrected chi connectivity index (χ4v) is 3.30. The molecular weight excluding hydrogens is 348 g/mol. The van der Waals surface area contributed by atoms with Gasteiger partial charge in [-0.05, 0) is 49.3 Å². The van der Waals surface area contributed by atoms with Gasteiger partial charge in [-0.3, -0.25) is 4.79 Å². The lowest BCUT2D eigenvalue weighted by molar-refractivity contribution is -0.139. The van der Waals surface area contributed by atoms with Crippen LogP contribution in [0.3, 0.4) is 0 Å². The second-order valence-electron chi connectivity index (χ2n) is 8.96. The van der Waals surface area contributed by atoms with Crippen molar-refractivity contribution in [3.8, 4) is 5.75 Å². The summed E-state index contributed by atoms with van der Waals surface area (Å²) in [6.45, 7) is 14.7. The quantitative estimate of drug-likeness (QED) is 0.837. The highest BCUT2D eigenvalue weighted by Gasteiger charge is 2.40. The lowest BCUT2D eigenvalue weighted by Crippen LogP contribution is -2.56. The molecule has 0 aromatic heterocycles. The number of piperidine rings is 1. The molecule has 2 N–H and O–H groups in total. The monoisotopic (exact) mass is 382 g/mol. The van der Waals surface area contributed by atoms with Gasteiger partial charge >= 0.3 is 0 Å². The molecule has 1 atom stereocenters. The molecule has 26 heavy (non-hydrogen) atoms. The molecule has 1 unspecified atom stereocenters. The summed E-state index contributed by atoms with van der Waals surface area (Å²) in [5.74, 6) is 1.51. The van der Waals surface area contributed by atoms with E-state index in [-0.39, 0.29) is 29.8 Å². The summed E-state index contributed by atoms with van der Waals surface area (Å²) < 4.78 is 5.74. The summed E-state index contributed by atoms with van der Waals surface area (Å²) >= 11 is 0. The molecular formula is C21H35ClN2O2. The van der Waals surface area contributed by atoms with E-state index in [4.69, 9.17) is 10.5 Å². The van der Waals surface area contributed by atoms with Crippen molar-refractivity contribution in [3.63, 3.8) is 0 Å². The Bertz CT molecular complexity index is 597. The lowest BCUT2D eigenvalue weighted by atomic mass is 9.77. The van der Waals surface area contributed by atoms with Crippen molar-refractivity contribution in [2.45, 2.75) is 59.4 Å². The molecule has 2 rings (SSSR count). The third kappa shape index (κ3) is 5.14. The third-order valence-corrected chi connectivity index (χ3v) is 5.29. The molecule has 1 amide bonds.